The maximum Gasteiger partial charge on any atom is 0.272 e. The molecule has 28 heavy (non-hydrogen) atoms. The van der Waals surface area contributed by atoms with Gasteiger partial charge >= 0.3 is 0 Å². The van der Waals surface area contributed by atoms with E-state index in [2.05, 4.69) is 31.0 Å². The number of hydrogen-bond acceptors (Lipinski definition) is 3. The van der Waals surface area contributed by atoms with Crippen LogP contribution in [0.25, 0.3) is 5.69 Å². The lowest BCUT2D eigenvalue weighted by Gasteiger charge is -2.11. The zero-order valence-electron chi connectivity index (χ0n) is 15.0. The number of aromatic hydroxyl groups is 1. The zero-order chi connectivity index (χ0) is 20.4. The molecule has 144 valence electrons. The number of rotatable bonds is 4. The number of aryl methyl sites for hydroxylation is 2. The Morgan fingerprint density at radius 3 is 2.50 bits per heavy atom. The van der Waals surface area contributed by atoms with Crippen LogP contribution < -0.4 is 5.43 Å². The van der Waals surface area contributed by atoms with Crippen LogP contribution in [0.1, 0.15) is 27.3 Å². The van der Waals surface area contributed by atoms with Crippen LogP contribution in [0.2, 0.25) is 5.02 Å². The summed E-state index contributed by atoms with van der Waals surface area (Å²) in [6.07, 6.45) is 1.50. The topological polar surface area (TPSA) is 66.6 Å². The molecule has 3 aromatic rings. The lowest BCUT2D eigenvalue weighted by atomic mass is 10.2. The Morgan fingerprint density at radius 2 is 1.89 bits per heavy atom. The molecule has 3 rings (SSSR count). The molecule has 1 aromatic heterocycles. The normalized spacial score (nSPS) is 11.2. The molecule has 0 radical (unpaired) electrons. The number of phenols is 1. The van der Waals surface area contributed by atoms with Crippen molar-refractivity contribution in [1.82, 2.24) is 9.99 Å². The average molecular weight is 573 g/mol. The van der Waals surface area contributed by atoms with Crippen LogP contribution in [0.4, 0.5) is 0 Å². The number of amides is 1. The Kier molecular flexibility index (Phi) is 6.47. The van der Waals surface area contributed by atoms with Crippen LogP contribution in [-0.2, 0) is 0 Å². The number of phenolic OH excluding ortho intramolecular Hbond substituents is 1. The second kappa shape index (κ2) is 8.67. The van der Waals surface area contributed by atoms with Crippen LogP contribution in [-0.4, -0.2) is 21.8 Å². The van der Waals surface area contributed by atoms with Gasteiger partial charge in [0.15, 0.2) is 0 Å². The first-order valence-electron chi connectivity index (χ1n) is 8.24. The van der Waals surface area contributed by atoms with E-state index in [1.165, 1.54) is 6.21 Å². The molecule has 0 saturated heterocycles. The summed E-state index contributed by atoms with van der Waals surface area (Å²) in [6, 6.07) is 12.8. The highest BCUT2D eigenvalue weighted by molar-refractivity contribution is 14.1. The molecule has 1 amide bonds. The number of nitrogens with zero attached hydrogens (tertiary/aromatic N) is 2. The van der Waals surface area contributed by atoms with Crippen LogP contribution in [0.5, 0.6) is 5.75 Å². The van der Waals surface area contributed by atoms with Gasteiger partial charge in [-0.05, 0) is 100 Å². The summed E-state index contributed by atoms with van der Waals surface area (Å²) in [5, 5.41) is 14.1. The van der Waals surface area contributed by atoms with Crippen LogP contribution in [0.3, 0.4) is 0 Å². The van der Waals surface area contributed by atoms with Gasteiger partial charge in [0, 0.05) is 17.1 Å². The highest BCUT2D eigenvalue weighted by Crippen LogP contribution is 2.30. The fourth-order valence-electron chi connectivity index (χ4n) is 2.79. The van der Waals surface area contributed by atoms with E-state index in [0.717, 1.165) is 22.6 Å². The molecule has 0 fully saturated rings. The molecule has 0 aliphatic rings. The van der Waals surface area contributed by atoms with Crippen molar-refractivity contribution < 1.29 is 9.90 Å². The van der Waals surface area contributed by atoms with Crippen molar-refractivity contribution in [3.63, 3.8) is 0 Å². The highest BCUT2D eigenvalue weighted by atomic mass is 127. The van der Waals surface area contributed by atoms with Crippen molar-refractivity contribution in [3.05, 3.63) is 78.0 Å². The molecule has 0 saturated carbocycles. The van der Waals surface area contributed by atoms with E-state index in [0.29, 0.717) is 18.6 Å². The van der Waals surface area contributed by atoms with E-state index >= 15 is 0 Å². The molecule has 2 N–H and O–H groups in total. The summed E-state index contributed by atoms with van der Waals surface area (Å²) in [5.74, 6) is -0.233. The van der Waals surface area contributed by atoms with Crippen molar-refractivity contribution in [2.45, 2.75) is 13.8 Å². The number of benzene rings is 2. The molecule has 0 unspecified atom stereocenters. The third kappa shape index (κ3) is 4.42. The highest BCUT2D eigenvalue weighted by Gasteiger charge is 2.12. The predicted molar refractivity (Wildman–Crippen MR) is 124 cm³/mol. The maximum atomic E-state index is 12.4. The van der Waals surface area contributed by atoms with Gasteiger partial charge in [0.2, 0.25) is 0 Å². The Bertz CT molecular complexity index is 1050. The van der Waals surface area contributed by atoms with Gasteiger partial charge in [-0.15, -0.1) is 0 Å². The van der Waals surface area contributed by atoms with Crippen LogP contribution >= 0.6 is 50.1 Å². The summed E-state index contributed by atoms with van der Waals surface area (Å²) in [5.41, 5.74) is 6.62. The summed E-state index contributed by atoms with van der Waals surface area (Å²) in [7, 11) is 0. The molecular weight excluding hydrogens is 556 g/mol. The molecule has 0 aliphatic heterocycles. The van der Waals surface area contributed by atoms with E-state index in [9.17, 15) is 9.90 Å². The number of carbonyl (C=O) groups excluding carboxylic acids is 1. The first kappa shape index (κ1) is 20.9. The number of aromatic nitrogens is 1. The van der Waals surface area contributed by atoms with Crippen LogP contribution in [0.15, 0.2) is 52.0 Å². The fraction of sp³-hybridized carbons (Fsp3) is 0.100. The number of carbonyl (C=O) groups is 1. The van der Waals surface area contributed by atoms with Crippen molar-refractivity contribution in [1.29, 1.82) is 0 Å². The second-order valence-corrected chi connectivity index (χ2v) is 8.57. The number of nitrogens with one attached hydrogen (secondary N) is 1. The largest absolute Gasteiger partial charge is 0.506 e. The van der Waals surface area contributed by atoms with Gasteiger partial charge in [-0.3, -0.25) is 4.79 Å². The maximum absolute atomic E-state index is 12.4. The lowest BCUT2D eigenvalue weighted by molar-refractivity contribution is 0.0955. The molecule has 8 heteroatoms. The van der Waals surface area contributed by atoms with E-state index in [1.54, 1.807) is 24.3 Å². The molecular formula is C20H16BrClIN3O2. The number of halogens is 3. The predicted octanol–water partition coefficient (Wildman–Crippen LogP) is 5.58. The SMILES string of the molecule is Cc1ccc(C)n1-c1ccc(C(=O)N/N=C\c2cc(Br)c(O)c(I)c2)c(Cl)c1. The van der Waals surface area contributed by atoms with Crippen molar-refractivity contribution in [2.75, 3.05) is 0 Å². The Hall–Kier alpha value is -1.84. The van der Waals surface area contributed by atoms with Gasteiger partial charge < -0.3 is 9.67 Å². The van der Waals surface area contributed by atoms with Gasteiger partial charge in [0.05, 0.1) is 24.8 Å². The van der Waals surface area contributed by atoms with Gasteiger partial charge in [-0.1, -0.05) is 11.6 Å². The Morgan fingerprint density at radius 1 is 1.21 bits per heavy atom. The minimum Gasteiger partial charge on any atom is -0.506 e. The molecule has 1 heterocycles. The van der Waals surface area contributed by atoms with Gasteiger partial charge in [0.1, 0.15) is 5.75 Å². The van der Waals surface area contributed by atoms with Crippen LogP contribution in [0, 0.1) is 17.4 Å². The summed E-state index contributed by atoms with van der Waals surface area (Å²) in [4.78, 5) is 12.4. The third-order valence-electron chi connectivity index (χ3n) is 4.15. The summed E-state index contributed by atoms with van der Waals surface area (Å²) in [6.45, 7) is 4.03. The zero-order valence-corrected chi connectivity index (χ0v) is 19.5. The smallest absolute Gasteiger partial charge is 0.272 e. The average Bonchev–Trinajstić information content (AvgIpc) is 2.97. The van der Waals surface area contributed by atoms with Crippen molar-refractivity contribution >= 4 is 62.2 Å². The standard InChI is InChI=1S/C20H16BrClIN3O2/c1-11-3-4-12(2)26(11)14-5-6-15(17(22)9-14)20(28)25-24-10-13-7-16(21)19(27)18(23)8-13/h3-10,27H,1-2H3,(H,25,28)/b24-10-. The minimum absolute atomic E-state index is 0.168. The quantitative estimate of drug-likeness (QED) is 0.244. The van der Waals surface area contributed by atoms with E-state index in [4.69, 9.17) is 11.6 Å². The van der Waals surface area contributed by atoms with E-state index in [1.807, 2.05) is 54.6 Å². The van der Waals surface area contributed by atoms with Gasteiger partial charge in [0.25, 0.3) is 5.91 Å². The minimum atomic E-state index is -0.402. The second-order valence-electron chi connectivity index (χ2n) is 6.15. The molecule has 2 aromatic carbocycles. The summed E-state index contributed by atoms with van der Waals surface area (Å²) >= 11 is 11.6. The first-order valence-corrected chi connectivity index (χ1v) is 10.5. The van der Waals surface area contributed by atoms with Gasteiger partial charge in [-0.2, -0.15) is 5.10 Å². The van der Waals surface area contributed by atoms with Crippen molar-refractivity contribution in [2.24, 2.45) is 5.10 Å². The Balaban J connectivity index is 1.76. The monoisotopic (exact) mass is 571 g/mol. The first-order chi connectivity index (χ1) is 13.3. The van der Waals surface area contributed by atoms with Crippen molar-refractivity contribution in [3.8, 4) is 11.4 Å². The molecule has 0 atom stereocenters. The Labute approximate surface area is 189 Å². The molecule has 0 bridgehead atoms. The lowest BCUT2D eigenvalue weighted by Crippen LogP contribution is -2.18. The third-order valence-corrected chi connectivity index (χ3v) is 5.89. The van der Waals surface area contributed by atoms with E-state index in [-0.39, 0.29) is 5.75 Å². The fourth-order valence-corrected chi connectivity index (χ4v) is 4.55. The number of hydrogen-bond donors (Lipinski definition) is 2. The summed E-state index contributed by atoms with van der Waals surface area (Å²) < 4.78 is 3.30. The van der Waals surface area contributed by atoms with Gasteiger partial charge in [-0.25, -0.2) is 5.43 Å². The van der Waals surface area contributed by atoms with E-state index < -0.39 is 5.91 Å². The number of hydrazone groups is 1. The molecule has 5 nitrogen and oxygen atoms in total. The molecule has 0 spiro atoms. The molecule has 0 aliphatic carbocycles.